The molecule has 0 heterocycles. The van der Waals surface area contributed by atoms with Crippen molar-refractivity contribution in [2.24, 2.45) is 16.7 Å². The van der Waals surface area contributed by atoms with Crippen molar-refractivity contribution in [1.29, 1.82) is 0 Å². The Labute approximate surface area is 134 Å². The lowest BCUT2D eigenvalue weighted by Gasteiger charge is -2.39. The largest absolute Gasteiger partial charge is 0.391 e. The van der Waals surface area contributed by atoms with Gasteiger partial charge in [0.25, 0.3) is 0 Å². The summed E-state index contributed by atoms with van der Waals surface area (Å²) in [5.74, 6) is 0.583. The van der Waals surface area contributed by atoms with Crippen LogP contribution in [0.2, 0.25) is 0 Å². The monoisotopic (exact) mass is 299 g/mol. The Kier molecular flexibility index (Phi) is 3.73. The average molecular weight is 299 g/mol. The molecule has 2 fully saturated rings. The predicted molar refractivity (Wildman–Crippen MR) is 92.4 cm³/mol. The quantitative estimate of drug-likeness (QED) is 0.910. The first-order chi connectivity index (χ1) is 10.3. The van der Waals surface area contributed by atoms with E-state index < -0.39 is 0 Å². The molecule has 120 valence electrons. The molecule has 2 aliphatic rings. The first kappa shape index (κ1) is 15.8. The average Bonchev–Trinajstić information content (AvgIpc) is 2.79. The maximum absolute atomic E-state index is 11.0. The Hall–Kier alpha value is -1.12. The van der Waals surface area contributed by atoms with Crippen LogP contribution >= 0.6 is 0 Å². The number of aliphatic hydroxyl groups is 1. The van der Waals surface area contributed by atoms with E-state index in [0.29, 0.717) is 5.92 Å². The van der Waals surface area contributed by atoms with Crippen molar-refractivity contribution < 1.29 is 5.11 Å². The highest BCUT2D eigenvalue weighted by molar-refractivity contribution is 5.47. The van der Waals surface area contributed by atoms with E-state index in [9.17, 15) is 5.11 Å². The Balaban J connectivity index is 1.81. The van der Waals surface area contributed by atoms with Gasteiger partial charge in [0.1, 0.15) is 0 Å². The molecular formula is C20H29NO. The molecular weight excluding hydrogens is 270 g/mol. The summed E-state index contributed by atoms with van der Waals surface area (Å²) in [6.07, 6.45) is 4.05. The van der Waals surface area contributed by atoms with E-state index in [2.05, 4.69) is 63.6 Å². The van der Waals surface area contributed by atoms with Gasteiger partial charge in [-0.25, -0.2) is 0 Å². The molecule has 0 aromatic heterocycles. The Morgan fingerprint density at radius 3 is 2.68 bits per heavy atom. The van der Waals surface area contributed by atoms with Gasteiger partial charge in [0.05, 0.1) is 6.10 Å². The number of hydrogen-bond acceptors (Lipinski definition) is 2. The number of aliphatic hydroxyl groups excluding tert-OH is 1. The molecule has 4 atom stereocenters. The first-order valence-corrected chi connectivity index (χ1v) is 8.41. The number of nitrogens with zero attached hydrogens (tertiary/aromatic N) is 1. The zero-order chi connectivity index (χ0) is 16.1. The standard InChI is InChI=1S/C20H29NO/c1-6-14-8-7-9-15(12-14)13-21(5)17-16-10-11-20(4,18(17)22)19(16,2)3/h6-9,12,16-18,22H,1,10-11,13H2,2-5H3/t16-,17-,18-,20+/m1/s1. The molecule has 2 nitrogen and oxygen atoms in total. The number of hydrogen-bond donors (Lipinski definition) is 1. The lowest BCUT2D eigenvalue weighted by molar-refractivity contribution is -0.0264. The zero-order valence-electron chi connectivity index (χ0n) is 14.3. The zero-order valence-corrected chi connectivity index (χ0v) is 14.3. The van der Waals surface area contributed by atoms with Crippen LogP contribution in [0.3, 0.4) is 0 Å². The van der Waals surface area contributed by atoms with Crippen LogP contribution in [0.4, 0.5) is 0 Å². The maximum atomic E-state index is 11.0. The van der Waals surface area contributed by atoms with Crippen LogP contribution in [0, 0.1) is 16.7 Å². The van der Waals surface area contributed by atoms with Gasteiger partial charge >= 0.3 is 0 Å². The van der Waals surface area contributed by atoms with Gasteiger partial charge in [-0.05, 0) is 42.3 Å². The number of rotatable bonds is 4. The lowest BCUT2D eigenvalue weighted by atomic mass is 9.70. The fourth-order valence-corrected chi connectivity index (χ4v) is 5.05. The second-order valence-electron chi connectivity index (χ2n) is 8.08. The molecule has 1 aromatic rings. The SMILES string of the molecule is C=Cc1cccc(CN(C)[C@@H]2[C@H]3CC[C@@](C)([C@@H]2O)C3(C)C)c1. The fraction of sp³-hybridized carbons (Fsp3) is 0.600. The number of benzene rings is 1. The molecule has 2 bridgehead atoms. The van der Waals surface area contributed by atoms with Gasteiger partial charge in [-0.15, -0.1) is 0 Å². The second-order valence-corrected chi connectivity index (χ2v) is 8.08. The summed E-state index contributed by atoms with van der Waals surface area (Å²) in [6, 6.07) is 8.78. The molecule has 0 unspecified atom stereocenters. The minimum atomic E-state index is -0.228. The predicted octanol–water partition coefficient (Wildman–Crippen LogP) is 3.95. The van der Waals surface area contributed by atoms with Crippen molar-refractivity contribution >= 4 is 6.08 Å². The van der Waals surface area contributed by atoms with E-state index >= 15 is 0 Å². The third kappa shape index (κ3) is 2.08. The molecule has 2 heteroatoms. The van der Waals surface area contributed by atoms with Gasteiger partial charge in [0.2, 0.25) is 0 Å². The molecule has 2 aliphatic carbocycles. The van der Waals surface area contributed by atoms with Crippen LogP contribution in [-0.2, 0) is 6.54 Å². The minimum Gasteiger partial charge on any atom is -0.391 e. The van der Waals surface area contributed by atoms with Crippen LogP contribution in [0.5, 0.6) is 0 Å². The van der Waals surface area contributed by atoms with Crippen molar-refractivity contribution in [3.8, 4) is 0 Å². The van der Waals surface area contributed by atoms with Gasteiger partial charge < -0.3 is 5.11 Å². The van der Waals surface area contributed by atoms with E-state index in [1.165, 1.54) is 12.0 Å². The van der Waals surface area contributed by atoms with Gasteiger partial charge in [0.15, 0.2) is 0 Å². The van der Waals surface area contributed by atoms with Crippen LogP contribution in [0.15, 0.2) is 30.8 Å². The Morgan fingerprint density at radius 2 is 2.09 bits per heavy atom. The topological polar surface area (TPSA) is 23.5 Å². The Bertz CT molecular complexity index is 579. The molecule has 3 rings (SSSR count). The molecule has 0 spiro atoms. The highest BCUT2D eigenvalue weighted by atomic mass is 16.3. The van der Waals surface area contributed by atoms with Gasteiger partial charge in [-0.3, -0.25) is 4.90 Å². The van der Waals surface area contributed by atoms with Crippen LogP contribution in [0.25, 0.3) is 6.08 Å². The van der Waals surface area contributed by atoms with E-state index in [0.717, 1.165) is 18.5 Å². The third-order valence-electron chi connectivity index (χ3n) is 6.89. The van der Waals surface area contributed by atoms with Crippen LogP contribution < -0.4 is 0 Å². The molecule has 0 saturated heterocycles. The van der Waals surface area contributed by atoms with Gasteiger partial charge in [-0.1, -0.05) is 57.7 Å². The smallest absolute Gasteiger partial charge is 0.0756 e. The summed E-state index contributed by atoms with van der Waals surface area (Å²) in [6.45, 7) is 11.7. The lowest BCUT2D eigenvalue weighted by Crippen LogP contribution is -2.47. The minimum absolute atomic E-state index is 0.0551. The summed E-state index contributed by atoms with van der Waals surface area (Å²) >= 11 is 0. The van der Waals surface area contributed by atoms with E-state index in [4.69, 9.17) is 0 Å². The Morgan fingerprint density at radius 1 is 1.36 bits per heavy atom. The highest BCUT2D eigenvalue weighted by Crippen LogP contribution is 2.66. The second kappa shape index (κ2) is 5.21. The molecule has 0 amide bonds. The van der Waals surface area contributed by atoms with Crippen molar-refractivity contribution in [3.05, 3.63) is 42.0 Å². The van der Waals surface area contributed by atoms with Crippen molar-refractivity contribution in [3.63, 3.8) is 0 Å². The molecule has 0 radical (unpaired) electrons. The van der Waals surface area contributed by atoms with E-state index in [1.807, 2.05) is 6.08 Å². The first-order valence-electron chi connectivity index (χ1n) is 8.41. The normalized spacial score (nSPS) is 36.0. The van der Waals surface area contributed by atoms with Gasteiger partial charge in [0, 0.05) is 18.0 Å². The fourth-order valence-electron chi connectivity index (χ4n) is 5.05. The third-order valence-corrected chi connectivity index (χ3v) is 6.89. The molecule has 2 saturated carbocycles. The van der Waals surface area contributed by atoms with Crippen molar-refractivity contribution in [2.45, 2.75) is 52.3 Å². The maximum Gasteiger partial charge on any atom is 0.0756 e. The van der Waals surface area contributed by atoms with Crippen LogP contribution in [-0.4, -0.2) is 29.2 Å². The summed E-state index contributed by atoms with van der Waals surface area (Å²) in [4.78, 5) is 2.36. The molecule has 0 aliphatic heterocycles. The van der Waals surface area contributed by atoms with Crippen molar-refractivity contribution in [1.82, 2.24) is 4.90 Å². The summed E-state index contributed by atoms with van der Waals surface area (Å²) < 4.78 is 0. The summed E-state index contributed by atoms with van der Waals surface area (Å²) in [7, 11) is 2.16. The van der Waals surface area contributed by atoms with E-state index in [-0.39, 0.29) is 23.0 Å². The summed E-state index contributed by atoms with van der Waals surface area (Å²) in [5, 5.41) is 11.0. The van der Waals surface area contributed by atoms with Crippen LogP contribution in [0.1, 0.15) is 44.7 Å². The van der Waals surface area contributed by atoms with E-state index in [1.54, 1.807) is 0 Å². The van der Waals surface area contributed by atoms with Gasteiger partial charge in [-0.2, -0.15) is 0 Å². The molecule has 22 heavy (non-hydrogen) atoms. The molecule has 1 N–H and O–H groups in total. The number of fused-ring (bicyclic) bond motifs is 2. The number of likely N-dealkylation sites (N-methyl/N-ethyl adjacent to an activating group) is 1. The highest BCUT2D eigenvalue weighted by Gasteiger charge is 2.66. The van der Waals surface area contributed by atoms with Crippen molar-refractivity contribution in [2.75, 3.05) is 7.05 Å². The summed E-state index contributed by atoms with van der Waals surface area (Å²) in [5.41, 5.74) is 2.72. The molecule has 1 aromatic carbocycles.